The molecule has 1 atom stereocenters. The lowest BCUT2D eigenvalue weighted by molar-refractivity contribution is 0.628. The molecule has 0 N–H and O–H groups in total. The van der Waals surface area contributed by atoms with Gasteiger partial charge in [0.2, 0.25) is 0 Å². The van der Waals surface area contributed by atoms with Gasteiger partial charge in [-0.15, -0.1) is 0 Å². The Morgan fingerprint density at radius 3 is 1.54 bits per heavy atom. The molecule has 0 saturated heterocycles. The highest BCUT2D eigenvalue weighted by Gasteiger charge is 2.54. The van der Waals surface area contributed by atoms with Gasteiger partial charge in [-0.25, -0.2) is 0 Å². The molecule has 9 aromatic rings. The van der Waals surface area contributed by atoms with Crippen LogP contribution in [-0.4, -0.2) is 0 Å². The predicted octanol–water partition coefficient (Wildman–Crippen LogP) is 12.4. The van der Waals surface area contributed by atoms with Crippen molar-refractivity contribution in [1.82, 2.24) is 0 Å². The van der Waals surface area contributed by atoms with E-state index in [1.165, 1.54) is 88.1 Å². The van der Waals surface area contributed by atoms with Gasteiger partial charge in [0.1, 0.15) is 11.3 Å². The van der Waals surface area contributed by atoms with E-state index in [4.69, 9.17) is 4.42 Å². The molecule has 1 aromatic heterocycles. The maximum Gasteiger partial charge on any atom is 0.140 e. The molecule has 0 fully saturated rings. The van der Waals surface area contributed by atoms with Crippen LogP contribution in [0, 0.1) is 0 Å². The van der Waals surface area contributed by atoms with Gasteiger partial charge in [0.15, 0.2) is 0 Å². The SMILES string of the molecule is c1ccc(-c2c3ccccc3c(-c3ccc4c(c3)C3(c5ccccc5-4)c4ccccc4-c4oc5ccccc5c43)c3ccccc23)cc1. The summed E-state index contributed by atoms with van der Waals surface area (Å²) in [4.78, 5) is 0. The van der Waals surface area contributed by atoms with Gasteiger partial charge in [0, 0.05) is 16.5 Å². The van der Waals surface area contributed by atoms with Gasteiger partial charge >= 0.3 is 0 Å². The third kappa shape index (κ3) is 3.16. The van der Waals surface area contributed by atoms with Gasteiger partial charge < -0.3 is 4.42 Å². The van der Waals surface area contributed by atoms with Crippen molar-refractivity contribution in [3.05, 3.63) is 192 Å². The maximum atomic E-state index is 6.74. The number of para-hydroxylation sites is 1. The van der Waals surface area contributed by atoms with Gasteiger partial charge in [-0.1, -0.05) is 158 Å². The molecule has 0 aliphatic heterocycles. The van der Waals surface area contributed by atoms with E-state index in [0.29, 0.717) is 0 Å². The molecule has 1 nitrogen and oxygen atoms in total. The van der Waals surface area contributed by atoms with Crippen molar-refractivity contribution >= 4 is 32.5 Å². The van der Waals surface area contributed by atoms with Crippen LogP contribution in [0.3, 0.4) is 0 Å². The summed E-state index contributed by atoms with van der Waals surface area (Å²) in [6, 6.07) is 62.3. The maximum absolute atomic E-state index is 6.74. The van der Waals surface area contributed by atoms with Gasteiger partial charge in [0.25, 0.3) is 0 Å². The lowest BCUT2D eigenvalue weighted by atomic mass is 9.69. The molecule has 1 heteroatoms. The summed E-state index contributed by atoms with van der Waals surface area (Å²) >= 11 is 0. The van der Waals surface area contributed by atoms with Gasteiger partial charge in [-0.2, -0.15) is 0 Å². The van der Waals surface area contributed by atoms with Crippen LogP contribution in [0.1, 0.15) is 22.3 Å². The minimum absolute atomic E-state index is 0.490. The largest absolute Gasteiger partial charge is 0.456 e. The normalized spacial score (nSPS) is 15.6. The quantitative estimate of drug-likeness (QED) is 0.178. The average molecular weight is 609 g/mol. The van der Waals surface area contributed by atoms with E-state index in [1.54, 1.807) is 0 Å². The highest BCUT2D eigenvalue weighted by molar-refractivity contribution is 6.21. The van der Waals surface area contributed by atoms with E-state index in [9.17, 15) is 0 Å². The number of fused-ring (bicyclic) bond motifs is 14. The first kappa shape index (κ1) is 25.9. The molecule has 2 aliphatic carbocycles. The van der Waals surface area contributed by atoms with E-state index < -0.39 is 5.41 Å². The first-order valence-electron chi connectivity index (χ1n) is 16.7. The fourth-order valence-corrected chi connectivity index (χ4v) is 9.10. The lowest BCUT2D eigenvalue weighted by Gasteiger charge is -2.30. The molecular weight excluding hydrogens is 581 g/mol. The summed E-state index contributed by atoms with van der Waals surface area (Å²) < 4.78 is 6.74. The number of hydrogen-bond donors (Lipinski definition) is 0. The van der Waals surface area contributed by atoms with Crippen molar-refractivity contribution in [3.8, 4) is 44.7 Å². The van der Waals surface area contributed by atoms with Crippen LogP contribution in [0.5, 0.6) is 0 Å². The van der Waals surface area contributed by atoms with Gasteiger partial charge in [0.05, 0.1) is 5.41 Å². The van der Waals surface area contributed by atoms with Crippen LogP contribution >= 0.6 is 0 Å². The zero-order valence-electron chi connectivity index (χ0n) is 26.1. The molecule has 222 valence electrons. The van der Waals surface area contributed by atoms with Crippen molar-refractivity contribution in [1.29, 1.82) is 0 Å². The molecule has 2 aliphatic rings. The summed E-state index contributed by atoms with van der Waals surface area (Å²) in [5.74, 6) is 0.989. The van der Waals surface area contributed by atoms with E-state index in [0.717, 1.165) is 11.3 Å². The number of furan rings is 1. The fraction of sp³-hybridized carbons (Fsp3) is 0.0213. The Bertz CT molecular complexity index is 2730. The molecule has 0 radical (unpaired) electrons. The molecular formula is C47H28O. The molecule has 1 unspecified atom stereocenters. The average Bonchev–Trinajstić information content (AvgIpc) is 3.77. The summed E-state index contributed by atoms with van der Waals surface area (Å²) in [5.41, 5.74) is 14.4. The lowest BCUT2D eigenvalue weighted by Crippen LogP contribution is -2.25. The number of hydrogen-bond acceptors (Lipinski definition) is 1. The molecule has 1 heterocycles. The van der Waals surface area contributed by atoms with Crippen LogP contribution in [0.2, 0.25) is 0 Å². The van der Waals surface area contributed by atoms with Crippen LogP contribution in [-0.2, 0) is 5.41 Å². The van der Waals surface area contributed by atoms with E-state index in [-0.39, 0.29) is 0 Å². The summed E-state index contributed by atoms with van der Waals surface area (Å²) in [6.45, 7) is 0. The van der Waals surface area contributed by atoms with Crippen molar-refractivity contribution in [2.24, 2.45) is 0 Å². The predicted molar refractivity (Wildman–Crippen MR) is 198 cm³/mol. The van der Waals surface area contributed by atoms with E-state index in [2.05, 4.69) is 170 Å². The van der Waals surface area contributed by atoms with Crippen molar-refractivity contribution < 1.29 is 4.42 Å². The van der Waals surface area contributed by atoms with Crippen molar-refractivity contribution in [2.75, 3.05) is 0 Å². The van der Waals surface area contributed by atoms with Gasteiger partial charge in [-0.05, 0) is 83.7 Å². The minimum atomic E-state index is -0.490. The molecule has 48 heavy (non-hydrogen) atoms. The first-order chi connectivity index (χ1) is 23.8. The van der Waals surface area contributed by atoms with Crippen molar-refractivity contribution in [3.63, 3.8) is 0 Å². The monoisotopic (exact) mass is 608 g/mol. The van der Waals surface area contributed by atoms with Crippen LogP contribution in [0.25, 0.3) is 77.2 Å². The second-order valence-corrected chi connectivity index (χ2v) is 13.1. The third-order valence-corrected chi connectivity index (χ3v) is 10.9. The molecule has 1 spiro atoms. The Hall–Kier alpha value is -6.18. The molecule has 0 saturated carbocycles. The molecule has 8 aromatic carbocycles. The Morgan fingerprint density at radius 2 is 0.854 bits per heavy atom. The fourth-order valence-electron chi connectivity index (χ4n) is 9.10. The molecule has 0 bridgehead atoms. The first-order valence-corrected chi connectivity index (χ1v) is 16.7. The molecule has 0 amide bonds. The second-order valence-electron chi connectivity index (χ2n) is 13.1. The van der Waals surface area contributed by atoms with Crippen LogP contribution in [0.15, 0.2) is 174 Å². The van der Waals surface area contributed by atoms with Crippen molar-refractivity contribution in [2.45, 2.75) is 5.41 Å². The Balaban J connectivity index is 1.28. The Morgan fingerprint density at radius 1 is 0.354 bits per heavy atom. The summed E-state index contributed by atoms with van der Waals surface area (Å²) in [5, 5.41) is 6.25. The highest BCUT2D eigenvalue weighted by Crippen LogP contribution is 2.65. The van der Waals surface area contributed by atoms with Gasteiger partial charge in [-0.3, -0.25) is 0 Å². The summed E-state index contributed by atoms with van der Waals surface area (Å²) in [6.07, 6.45) is 0. The topological polar surface area (TPSA) is 13.1 Å². The zero-order valence-corrected chi connectivity index (χ0v) is 26.1. The second kappa shape index (κ2) is 9.44. The summed E-state index contributed by atoms with van der Waals surface area (Å²) in [7, 11) is 0. The number of rotatable bonds is 2. The minimum Gasteiger partial charge on any atom is -0.456 e. The van der Waals surface area contributed by atoms with E-state index in [1.807, 2.05) is 0 Å². The smallest absolute Gasteiger partial charge is 0.140 e. The van der Waals surface area contributed by atoms with E-state index >= 15 is 0 Å². The highest BCUT2D eigenvalue weighted by atomic mass is 16.3. The van der Waals surface area contributed by atoms with Crippen LogP contribution < -0.4 is 0 Å². The third-order valence-electron chi connectivity index (χ3n) is 10.9. The Kier molecular flexibility index (Phi) is 5.10. The Labute approximate surface area is 278 Å². The number of benzene rings is 8. The van der Waals surface area contributed by atoms with Crippen LogP contribution in [0.4, 0.5) is 0 Å². The zero-order chi connectivity index (χ0) is 31.4. The molecule has 11 rings (SSSR count). The standard InChI is InChI=1S/C47H28O/c1-2-14-29(15-3-1)43-33-17-4-6-19-35(33)44(36-20-7-5-18-34(36)43)30-26-27-32-31-16-8-11-23-39(31)47(41(32)28-30)40-24-12-9-21-37(40)46-45(47)38-22-10-13-25-42(38)48-46/h1-28H.